The van der Waals surface area contributed by atoms with E-state index in [1.54, 1.807) is 11.3 Å². The van der Waals surface area contributed by atoms with Gasteiger partial charge in [0.05, 0.1) is 20.6 Å². The third kappa shape index (κ3) is 6.51. The van der Waals surface area contributed by atoms with E-state index in [1.165, 1.54) is 54.5 Å². The number of carbonyl (C=O) groups is 1. The monoisotopic (exact) mass is 472 g/mol. The largest absolute Gasteiger partial charge is 0.469 e. The fraction of sp³-hybridized carbons (Fsp3) is 0.423. The third-order valence-corrected chi connectivity index (χ3v) is 7.65. The van der Waals surface area contributed by atoms with Gasteiger partial charge in [0.1, 0.15) is 6.61 Å². The van der Waals surface area contributed by atoms with Crippen molar-refractivity contribution in [2.45, 2.75) is 59.0 Å². The van der Waals surface area contributed by atoms with Crippen molar-refractivity contribution >= 4 is 28.6 Å². The molecule has 0 bridgehead atoms. The lowest BCUT2D eigenvalue weighted by Crippen LogP contribution is -2.07. The minimum atomic E-state index is -0.242. The fourth-order valence-corrected chi connectivity index (χ4v) is 5.75. The van der Waals surface area contributed by atoms with Crippen molar-refractivity contribution in [3.63, 3.8) is 0 Å². The Morgan fingerprint density at radius 3 is 2.31 bits per heavy atom. The lowest BCUT2D eigenvalue weighted by molar-refractivity contribution is -0.282. The summed E-state index contributed by atoms with van der Waals surface area (Å²) in [5.74, 6) is -0.242. The molecule has 0 aliphatic carbocycles. The Bertz CT molecular complexity index is 1020. The summed E-state index contributed by atoms with van der Waals surface area (Å²) >= 11 is 3.54. The first-order valence-electron chi connectivity index (χ1n) is 11.1. The molecule has 0 N–H and O–H groups in total. The van der Waals surface area contributed by atoms with Gasteiger partial charge in [0.25, 0.3) is 0 Å². The van der Waals surface area contributed by atoms with Gasteiger partial charge in [-0.05, 0) is 78.4 Å². The lowest BCUT2D eigenvalue weighted by Gasteiger charge is -2.15. The average molecular weight is 473 g/mol. The van der Waals surface area contributed by atoms with Crippen LogP contribution >= 0.6 is 22.7 Å². The van der Waals surface area contributed by atoms with Gasteiger partial charge in [-0.25, -0.2) is 9.78 Å². The first-order chi connectivity index (χ1) is 15.5. The number of hydrogen-bond acceptors (Lipinski definition) is 6. The van der Waals surface area contributed by atoms with E-state index in [9.17, 15) is 4.79 Å². The maximum absolute atomic E-state index is 12.2. The van der Waals surface area contributed by atoms with Crippen LogP contribution in [0.4, 0.5) is 0 Å². The Balaban J connectivity index is 2.01. The molecule has 0 unspecified atom stereocenters. The van der Waals surface area contributed by atoms with Crippen molar-refractivity contribution in [1.82, 2.24) is 0 Å². The van der Waals surface area contributed by atoms with Crippen molar-refractivity contribution in [3.8, 4) is 20.9 Å². The quantitative estimate of drug-likeness (QED) is 0.119. The molecule has 32 heavy (non-hydrogen) atoms. The van der Waals surface area contributed by atoms with Crippen LogP contribution in [0.15, 0.2) is 36.4 Å². The normalized spacial score (nSPS) is 11.1. The van der Waals surface area contributed by atoms with Gasteiger partial charge in [-0.3, -0.25) is 4.79 Å². The second-order valence-corrected chi connectivity index (χ2v) is 10.3. The van der Waals surface area contributed by atoms with Gasteiger partial charge in [0.2, 0.25) is 0 Å². The summed E-state index contributed by atoms with van der Waals surface area (Å²) in [7, 11) is 2.96. The van der Waals surface area contributed by atoms with Crippen LogP contribution < -0.4 is 0 Å². The van der Waals surface area contributed by atoms with Crippen molar-refractivity contribution in [2.75, 3.05) is 14.2 Å². The fourth-order valence-electron chi connectivity index (χ4n) is 3.73. The van der Waals surface area contributed by atoms with E-state index in [-0.39, 0.29) is 12.4 Å². The van der Waals surface area contributed by atoms with Crippen LogP contribution in [0.1, 0.15) is 53.5 Å². The molecule has 3 rings (SSSR count). The second-order valence-electron chi connectivity index (χ2n) is 7.84. The van der Waals surface area contributed by atoms with Crippen molar-refractivity contribution in [1.29, 1.82) is 0 Å². The van der Waals surface area contributed by atoms with Crippen molar-refractivity contribution in [3.05, 3.63) is 57.3 Å². The van der Waals surface area contributed by atoms with Crippen LogP contribution in [0.3, 0.4) is 0 Å². The summed E-state index contributed by atoms with van der Waals surface area (Å²) in [5, 5.41) is 0. The van der Waals surface area contributed by atoms with Crippen molar-refractivity contribution < 1.29 is 19.3 Å². The molecule has 6 heteroatoms. The van der Waals surface area contributed by atoms with E-state index >= 15 is 0 Å². The van der Waals surface area contributed by atoms with Gasteiger partial charge in [-0.15, -0.1) is 22.7 Å². The number of thiophene rings is 2. The third-order valence-electron chi connectivity index (χ3n) is 5.43. The Morgan fingerprint density at radius 2 is 1.62 bits per heavy atom. The molecule has 2 aromatic heterocycles. The number of methoxy groups -OCH3 is 1. The highest BCUT2D eigenvalue weighted by molar-refractivity contribution is 7.15. The molecule has 0 saturated carbocycles. The number of esters is 1. The molecule has 172 valence electrons. The van der Waals surface area contributed by atoms with Gasteiger partial charge >= 0.3 is 5.97 Å². The molecule has 0 spiro atoms. The maximum Gasteiger partial charge on any atom is 0.310 e. The molecule has 0 atom stereocenters. The molecule has 0 saturated heterocycles. The molecule has 4 nitrogen and oxygen atoms in total. The molecule has 0 aliphatic rings. The van der Waals surface area contributed by atoms with Crippen LogP contribution in [0.5, 0.6) is 0 Å². The summed E-state index contributed by atoms with van der Waals surface area (Å²) < 4.78 is 4.98. The number of carbonyl (C=O) groups excluding carboxylic acids is 1. The van der Waals surface area contributed by atoms with E-state index in [0.717, 1.165) is 33.6 Å². The standard InChI is InChI=1S/C26H32O4S2/c1-5-6-7-8-9-21-11-13-25(32-21)23-14-19(16-26(27)28-3)22(15-20(23)17-30-29-4)24-12-10-18(2)31-24/h10-15H,5-9,16-17H2,1-4H3. The molecule has 1 aromatic carbocycles. The van der Waals surface area contributed by atoms with Gasteiger partial charge < -0.3 is 4.74 Å². The van der Waals surface area contributed by atoms with E-state index in [4.69, 9.17) is 14.5 Å². The molecular formula is C26H32O4S2. The molecule has 0 aliphatic heterocycles. The highest BCUT2D eigenvalue weighted by atomic mass is 32.1. The van der Waals surface area contributed by atoms with Gasteiger partial charge in [0.15, 0.2) is 0 Å². The van der Waals surface area contributed by atoms with Gasteiger partial charge in [-0.2, -0.15) is 0 Å². The molecule has 3 aromatic rings. The van der Waals surface area contributed by atoms with Crippen LogP contribution in [-0.2, 0) is 38.8 Å². The van der Waals surface area contributed by atoms with E-state index in [2.05, 4.69) is 50.2 Å². The Hall–Kier alpha value is -1.99. The second kappa shape index (κ2) is 12.3. The zero-order chi connectivity index (χ0) is 22.9. The Kier molecular flexibility index (Phi) is 9.48. The molecule has 2 heterocycles. The average Bonchev–Trinajstić information content (AvgIpc) is 3.44. The SMILES string of the molecule is CCCCCCc1ccc(-c2cc(CC(=O)OC)c(-c3ccc(C)s3)cc2COOC)s1. The highest BCUT2D eigenvalue weighted by Gasteiger charge is 2.18. The minimum Gasteiger partial charge on any atom is -0.469 e. The van der Waals surface area contributed by atoms with E-state index in [1.807, 2.05) is 11.3 Å². The van der Waals surface area contributed by atoms with Crippen molar-refractivity contribution in [2.24, 2.45) is 0 Å². The first kappa shape index (κ1) is 24.6. The summed E-state index contributed by atoms with van der Waals surface area (Å²) in [6, 6.07) is 12.9. The Labute approximate surface area is 199 Å². The zero-order valence-corrected chi connectivity index (χ0v) is 21.0. The summed E-state index contributed by atoms with van der Waals surface area (Å²) in [5.41, 5.74) is 4.14. The van der Waals surface area contributed by atoms with Gasteiger partial charge in [0, 0.05) is 19.5 Å². The van der Waals surface area contributed by atoms with Gasteiger partial charge in [-0.1, -0.05) is 26.2 Å². The number of aryl methyl sites for hydroxylation is 2. The summed E-state index contributed by atoms with van der Waals surface area (Å²) in [6.07, 6.45) is 6.37. The lowest BCUT2D eigenvalue weighted by atomic mass is 9.95. The highest BCUT2D eigenvalue weighted by Crippen LogP contribution is 2.39. The van der Waals surface area contributed by atoms with Crippen LogP contribution in [0, 0.1) is 6.92 Å². The smallest absolute Gasteiger partial charge is 0.310 e. The number of ether oxygens (including phenoxy) is 1. The number of unbranched alkanes of at least 4 members (excludes halogenated alkanes) is 3. The molecular weight excluding hydrogens is 440 g/mol. The van der Waals surface area contributed by atoms with Crippen LogP contribution in [-0.4, -0.2) is 20.2 Å². The number of benzene rings is 1. The van der Waals surface area contributed by atoms with Crippen LogP contribution in [0.25, 0.3) is 20.9 Å². The molecule has 0 radical (unpaired) electrons. The summed E-state index contributed by atoms with van der Waals surface area (Å²) in [6.45, 7) is 4.66. The Morgan fingerprint density at radius 1 is 0.906 bits per heavy atom. The predicted octanol–water partition coefficient (Wildman–Crippen LogP) is 7.37. The minimum absolute atomic E-state index is 0.233. The van der Waals surface area contributed by atoms with E-state index < -0.39 is 0 Å². The molecule has 0 fully saturated rings. The zero-order valence-electron chi connectivity index (χ0n) is 19.4. The number of rotatable bonds is 12. The number of hydrogen-bond donors (Lipinski definition) is 0. The van der Waals surface area contributed by atoms with E-state index in [0.29, 0.717) is 6.61 Å². The topological polar surface area (TPSA) is 44.8 Å². The maximum atomic E-state index is 12.2. The summed E-state index contributed by atoms with van der Waals surface area (Å²) in [4.78, 5) is 27.4. The first-order valence-corrected chi connectivity index (χ1v) is 12.7. The predicted molar refractivity (Wildman–Crippen MR) is 133 cm³/mol. The van der Waals surface area contributed by atoms with Crippen LogP contribution in [0.2, 0.25) is 0 Å². The molecule has 0 amide bonds.